The van der Waals surface area contributed by atoms with Crippen LogP contribution in [0.1, 0.15) is 12.5 Å². The lowest BCUT2D eigenvalue weighted by Gasteiger charge is -2.10. The molecular weight excluding hydrogens is 273 g/mol. The highest BCUT2D eigenvalue weighted by Crippen LogP contribution is 2.21. The third-order valence-electron chi connectivity index (χ3n) is 2.32. The van der Waals surface area contributed by atoms with Crippen LogP contribution in [0.2, 0.25) is 0 Å². The lowest BCUT2D eigenvalue weighted by atomic mass is 10.2. The predicted molar refractivity (Wildman–Crippen MR) is 69.4 cm³/mol. The number of anilines is 1. The molecule has 0 fully saturated rings. The Morgan fingerprint density at radius 3 is 2.58 bits per heavy atom. The molecular formula is C11H16FN3O3S. The maximum Gasteiger partial charge on any atom is 0.243 e. The van der Waals surface area contributed by atoms with Crippen LogP contribution >= 0.6 is 0 Å². The van der Waals surface area contributed by atoms with Gasteiger partial charge in [-0.05, 0) is 24.6 Å². The molecule has 106 valence electrons. The number of hydrogen-bond acceptors (Lipinski definition) is 4. The van der Waals surface area contributed by atoms with Gasteiger partial charge in [0.25, 0.3) is 0 Å². The topological polar surface area (TPSA) is 101 Å². The van der Waals surface area contributed by atoms with E-state index in [0.717, 1.165) is 6.07 Å². The number of carbonyl (C=O) groups is 1. The van der Waals surface area contributed by atoms with Gasteiger partial charge in [0.2, 0.25) is 15.9 Å². The summed E-state index contributed by atoms with van der Waals surface area (Å²) in [6.45, 7) is 2.84. The van der Waals surface area contributed by atoms with Gasteiger partial charge in [-0.25, -0.2) is 17.5 Å². The van der Waals surface area contributed by atoms with E-state index in [-0.39, 0.29) is 30.2 Å². The number of aryl methyl sites for hydroxylation is 1. The van der Waals surface area contributed by atoms with Crippen molar-refractivity contribution in [3.8, 4) is 0 Å². The number of benzene rings is 1. The Bertz CT molecular complexity index is 587. The maximum atomic E-state index is 13.8. The highest BCUT2D eigenvalue weighted by Gasteiger charge is 2.20. The van der Waals surface area contributed by atoms with Crippen LogP contribution in [0.5, 0.6) is 0 Å². The Hall–Kier alpha value is -1.67. The van der Waals surface area contributed by atoms with Crippen LogP contribution in [0.3, 0.4) is 0 Å². The summed E-state index contributed by atoms with van der Waals surface area (Å²) in [5.41, 5.74) is 5.83. The lowest BCUT2D eigenvalue weighted by Crippen LogP contribution is -2.34. The van der Waals surface area contributed by atoms with Crippen molar-refractivity contribution in [2.45, 2.75) is 18.7 Å². The SMILES string of the molecule is CC(=O)NCCNS(=O)(=O)c1cc(N)cc(C)c1F. The zero-order valence-electron chi connectivity index (χ0n) is 10.7. The summed E-state index contributed by atoms with van der Waals surface area (Å²) in [6, 6.07) is 2.41. The second-order valence-corrected chi connectivity index (χ2v) is 5.77. The molecule has 0 aromatic heterocycles. The zero-order chi connectivity index (χ0) is 14.6. The minimum Gasteiger partial charge on any atom is -0.399 e. The molecule has 0 saturated heterocycles. The number of amides is 1. The highest BCUT2D eigenvalue weighted by atomic mass is 32.2. The Kier molecular flexibility index (Phi) is 4.84. The molecule has 1 aromatic carbocycles. The van der Waals surface area contributed by atoms with E-state index in [1.807, 2.05) is 0 Å². The van der Waals surface area contributed by atoms with Crippen LogP contribution in [-0.4, -0.2) is 27.4 Å². The lowest BCUT2D eigenvalue weighted by molar-refractivity contribution is -0.118. The number of halogens is 1. The van der Waals surface area contributed by atoms with Gasteiger partial charge >= 0.3 is 0 Å². The van der Waals surface area contributed by atoms with E-state index in [1.54, 1.807) is 0 Å². The third kappa shape index (κ3) is 4.18. The fourth-order valence-electron chi connectivity index (χ4n) is 1.46. The van der Waals surface area contributed by atoms with Crippen molar-refractivity contribution in [2.75, 3.05) is 18.8 Å². The summed E-state index contributed by atoms with van der Waals surface area (Å²) in [4.78, 5) is 10.1. The second kappa shape index (κ2) is 5.98. The first-order chi connectivity index (χ1) is 8.74. The molecule has 0 unspecified atom stereocenters. The molecule has 1 amide bonds. The Balaban J connectivity index is 2.86. The van der Waals surface area contributed by atoms with E-state index in [1.165, 1.54) is 19.9 Å². The molecule has 19 heavy (non-hydrogen) atoms. The number of nitrogens with one attached hydrogen (secondary N) is 2. The summed E-state index contributed by atoms with van der Waals surface area (Å²) < 4.78 is 39.7. The standard InChI is InChI=1S/C11H16FN3O3S/c1-7-5-9(13)6-10(11(7)12)19(17,18)15-4-3-14-8(2)16/h5-6,15H,3-4,13H2,1-2H3,(H,14,16). The minimum absolute atomic E-state index is 0.0325. The van der Waals surface area contributed by atoms with E-state index in [0.29, 0.717) is 0 Å². The van der Waals surface area contributed by atoms with E-state index >= 15 is 0 Å². The number of sulfonamides is 1. The molecule has 8 heteroatoms. The molecule has 0 aliphatic heterocycles. The fraction of sp³-hybridized carbons (Fsp3) is 0.364. The van der Waals surface area contributed by atoms with Gasteiger partial charge in [-0.2, -0.15) is 0 Å². The van der Waals surface area contributed by atoms with Gasteiger partial charge in [-0.3, -0.25) is 4.79 Å². The molecule has 0 saturated carbocycles. The number of carbonyl (C=O) groups excluding carboxylic acids is 1. The third-order valence-corrected chi connectivity index (χ3v) is 3.78. The van der Waals surface area contributed by atoms with Crippen molar-refractivity contribution in [2.24, 2.45) is 0 Å². The summed E-state index contributed by atoms with van der Waals surface area (Å²) in [5, 5.41) is 2.42. The van der Waals surface area contributed by atoms with Gasteiger partial charge in [0, 0.05) is 25.7 Å². The quantitative estimate of drug-likeness (QED) is 0.530. The van der Waals surface area contributed by atoms with Crippen molar-refractivity contribution in [3.63, 3.8) is 0 Å². The first-order valence-corrected chi connectivity index (χ1v) is 7.02. The van der Waals surface area contributed by atoms with E-state index in [9.17, 15) is 17.6 Å². The zero-order valence-corrected chi connectivity index (χ0v) is 11.5. The maximum absolute atomic E-state index is 13.8. The first kappa shape index (κ1) is 15.4. The van der Waals surface area contributed by atoms with Gasteiger partial charge in [-0.15, -0.1) is 0 Å². The summed E-state index contributed by atoms with van der Waals surface area (Å²) in [5.74, 6) is -1.11. The molecule has 0 radical (unpaired) electrons. The average molecular weight is 289 g/mol. The fourth-order valence-corrected chi connectivity index (χ4v) is 2.68. The molecule has 0 aliphatic carbocycles. The normalized spacial score (nSPS) is 11.3. The van der Waals surface area contributed by atoms with Crippen molar-refractivity contribution in [1.29, 1.82) is 0 Å². The smallest absolute Gasteiger partial charge is 0.243 e. The van der Waals surface area contributed by atoms with Crippen LogP contribution in [0.15, 0.2) is 17.0 Å². The van der Waals surface area contributed by atoms with E-state index < -0.39 is 20.7 Å². The number of rotatable bonds is 5. The van der Waals surface area contributed by atoms with Crippen molar-refractivity contribution >= 4 is 21.6 Å². The van der Waals surface area contributed by atoms with Gasteiger partial charge in [0.1, 0.15) is 10.7 Å². The Morgan fingerprint density at radius 2 is 2.00 bits per heavy atom. The largest absolute Gasteiger partial charge is 0.399 e. The number of hydrogen-bond donors (Lipinski definition) is 3. The van der Waals surface area contributed by atoms with Crippen molar-refractivity contribution in [1.82, 2.24) is 10.0 Å². The minimum atomic E-state index is -3.99. The second-order valence-electron chi connectivity index (χ2n) is 4.03. The first-order valence-electron chi connectivity index (χ1n) is 5.54. The molecule has 0 aliphatic rings. The van der Waals surface area contributed by atoms with E-state index in [2.05, 4.69) is 10.0 Å². The van der Waals surface area contributed by atoms with Crippen LogP contribution in [0, 0.1) is 12.7 Å². The molecule has 0 atom stereocenters. The highest BCUT2D eigenvalue weighted by molar-refractivity contribution is 7.89. The van der Waals surface area contributed by atoms with Crippen LogP contribution in [0.4, 0.5) is 10.1 Å². The predicted octanol–water partition coefficient (Wildman–Crippen LogP) is 0.131. The summed E-state index contributed by atoms with van der Waals surface area (Å²) in [7, 11) is -3.99. The van der Waals surface area contributed by atoms with Gasteiger partial charge in [0.05, 0.1) is 0 Å². The van der Waals surface area contributed by atoms with Crippen LogP contribution in [-0.2, 0) is 14.8 Å². The Morgan fingerprint density at radius 1 is 1.37 bits per heavy atom. The van der Waals surface area contributed by atoms with Gasteiger partial charge in [0.15, 0.2) is 0 Å². The summed E-state index contributed by atoms with van der Waals surface area (Å²) in [6.07, 6.45) is 0. The van der Waals surface area contributed by atoms with E-state index in [4.69, 9.17) is 5.73 Å². The molecule has 1 rings (SSSR count). The average Bonchev–Trinajstić information content (AvgIpc) is 2.29. The molecule has 4 N–H and O–H groups in total. The molecule has 0 heterocycles. The van der Waals surface area contributed by atoms with Gasteiger partial charge < -0.3 is 11.1 Å². The summed E-state index contributed by atoms with van der Waals surface area (Å²) >= 11 is 0. The Labute approximate surface area is 111 Å². The van der Waals surface area contributed by atoms with Crippen LogP contribution < -0.4 is 15.8 Å². The molecule has 0 bridgehead atoms. The molecule has 1 aromatic rings. The van der Waals surface area contributed by atoms with Crippen molar-refractivity contribution in [3.05, 3.63) is 23.5 Å². The number of nitrogen functional groups attached to an aromatic ring is 1. The van der Waals surface area contributed by atoms with Gasteiger partial charge in [-0.1, -0.05) is 0 Å². The molecule has 0 spiro atoms. The number of nitrogens with two attached hydrogens (primary N) is 1. The monoisotopic (exact) mass is 289 g/mol. The molecule has 6 nitrogen and oxygen atoms in total. The van der Waals surface area contributed by atoms with Crippen molar-refractivity contribution < 1.29 is 17.6 Å². The van der Waals surface area contributed by atoms with Crippen LogP contribution in [0.25, 0.3) is 0 Å².